The van der Waals surface area contributed by atoms with Crippen molar-refractivity contribution in [2.75, 3.05) is 0 Å². The molecule has 0 fully saturated rings. The summed E-state index contributed by atoms with van der Waals surface area (Å²) in [5.74, 6) is 0. The predicted octanol–water partition coefficient (Wildman–Crippen LogP) is 1.63. The molecule has 0 bridgehead atoms. The fraction of sp³-hybridized carbons (Fsp3) is 0.200. The monoisotopic (exact) mass is 173 g/mol. The normalized spacial score (nSPS) is 10.2. The van der Waals surface area contributed by atoms with Gasteiger partial charge in [0.1, 0.15) is 12.7 Å². The van der Waals surface area contributed by atoms with E-state index in [0.29, 0.717) is 0 Å². The standard InChI is InChI=1S/C10H11N3/c1-9-4-2-3-5-10(9)6-13-7-11-12-8-13/h2-5,7-8H,6H2,1H3. The molecule has 1 heterocycles. The number of hydrogen-bond donors (Lipinski definition) is 0. The first-order valence-corrected chi connectivity index (χ1v) is 4.23. The Morgan fingerprint density at radius 1 is 1.15 bits per heavy atom. The highest BCUT2D eigenvalue weighted by Gasteiger charge is 1.97. The van der Waals surface area contributed by atoms with Gasteiger partial charge in [0.25, 0.3) is 0 Å². The Morgan fingerprint density at radius 3 is 2.54 bits per heavy atom. The van der Waals surface area contributed by atoms with Crippen molar-refractivity contribution >= 4 is 0 Å². The summed E-state index contributed by atoms with van der Waals surface area (Å²) in [5, 5.41) is 7.52. The van der Waals surface area contributed by atoms with Gasteiger partial charge >= 0.3 is 0 Å². The van der Waals surface area contributed by atoms with Crippen molar-refractivity contribution < 1.29 is 0 Å². The molecule has 1 aromatic heterocycles. The molecule has 0 radical (unpaired) electrons. The molecule has 0 amide bonds. The van der Waals surface area contributed by atoms with Crippen molar-refractivity contribution in [1.29, 1.82) is 0 Å². The van der Waals surface area contributed by atoms with Crippen molar-refractivity contribution in [3.63, 3.8) is 0 Å². The second-order valence-corrected chi connectivity index (χ2v) is 3.06. The number of aryl methyl sites for hydroxylation is 1. The van der Waals surface area contributed by atoms with E-state index in [2.05, 4.69) is 29.3 Å². The Hall–Kier alpha value is -1.64. The van der Waals surface area contributed by atoms with Crippen molar-refractivity contribution in [2.45, 2.75) is 13.5 Å². The van der Waals surface area contributed by atoms with E-state index in [-0.39, 0.29) is 0 Å². The van der Waals surface area contributed by atoms with E-state index in [1.165, 1.54) is 11.1 Å². The molecule has 0 saturated heterocycles. The van der Waals surface area contributed by atoms with Crippen LogP contribution >= 0.6 is 0 Å². The average Bonchev–Trinajstić information content (AvgIpc) is 2.61. The molecule has 2 aromatic rings. The maximum absolute atomic E-state index is 3.76. The molecule has 0 aliphatic heterocycles. The smallest absolute Gasteiger partial charge is 0.119 e. The molecule has 0 aliphatic rings. The summed E-state index contributed by atoms with van der Waals surface area (Å²) >= 11 is 0. The summed E-state index contributed by atoms with van der Waals surface area (Å²) in [4.78, 5) is 0. The summed E-state index contributed by atoms with van der Waals surface area (Å²) in [6.07, 6.45) is 3.46. The molecule has 2 rings (SSSR count). The van der Waals surface area contributed by atoms with Gasteiger partial charge in [0.2, 0.25) is 0 Å². The lowest BCUT2D eigenvalue weighted by Gasteiger charge is -2.04. The van der Waals surface area contributed by atoms with Crippen molar-refractivity contribution in [1.82, 2.24) is 14.8 Å². The van der Waals surface area contributed by atoms with E-state index in [4.69, 9.17) is 0 Å². The van der Waals surface area contributed by atoms with Crippen LogP contribution in [-0.4, -0.2) is 14.8 Å². The van der Waals surface area contributed by atoms with Gasteiger partial charge in [-0.25, -0.2) is 0 Å². The first kappa shape index (κ1) is 7.98. The minimum Gasteiger partial charge on any atom is -0.316 e. The molecule has 3 heteroatoms. The van der Waals surface area contributed by atoms with Gasteiger partial charge in [-0.3, -0.25) is 0 Å². The Labute approximate surface area is 77.0 Å². The molecule has 1 aromatic carbocycles. The molecule has 13 heavy (non-hydrogen) atoms. The maximum Gasteiger partial charge on any atom is 0.119 e. The van der Waals surface area contributed by atoms with Crippen LogP contribution < -0.4 is 0 Å². The first-order chi connectivity index (χ1) is 6.36. The lowest BCUT2D eigenvalue weighted by molar-refractivity contribution is 0.789. The van der Waals surface area contributed by atoms with Gasteiger partial charge in [0.05, 0.1) is 6.54 Å². The van der Waals surface area contributed by atoms with Crippen LogP contribution in [0.4, 0.5) is 0 Å². The summed E-state index contributed by atoms with van der Waals surface area (Å²) in [6.45, 7) is 2.96. The van der Waals surface area contributed by atoms with Gasteiger partial charge in [-0.15, -0.1) is 10.2 Å². The summed E-state index contributed by atoms with van der Waals surface area (Å²) in [6, 6.07) is 8.33. The van der Waals surface area contributed by atoms with E-state index >= 15 is 0 Å². The third-order valence-electron chi connectivity index (χ3n) is 2.08. The van der Waals surface area contributed by atoms with Crippen LogP contribution in [0.2, 0.25) is 0 Å². The third kappa shape index (κ3) is 1.75. The topological polar surface area (TPSA) is 30.7 Å². The minimum atomic E-state index is 0.847. The quantitative estimate of drug-likeness (QED) is 0.691. The van der Waals surface area contributed by atoms with Gasteiger partial charge < -0.3 is 4.57 Å². The summed E-state index contributed by atoms with van der Waals surface area (Å²) in [7, 11) is 0. The highest BCUT2D eigenvalue weighted by atomic mass is 15.2. The molecule has 0 N–H and O–H groups in total. The molecule has 0 saturated carbocycles. The molecule has 0 aliphatic carbocycles. The molecular formula is C10H11N3. The van der Waals surface area contributed by atoms with Crippen LogP contribution in [0.25, 0.3) is 0 Å². The SMILES string of the molecule is Cc1ccccc1Cn1cnnc1. The molecule has 0 spiro atoms. The fourth-order valence-corrected chi connectivity index (χ4v) is 1.29. The minimum absolute atomic E-state index is 0.847. The lowest BCUT2D eigenvalue weighted by atomic mass is 10.1. The largest absolute Gasteiger partial charge is 0.316 e. The number of benzene rings is 1. The van der Waals surface area contributed by atoms with Crippen LogP contribution in [0.15, 0.2) is 36.9 Å². The van der Waals surface area contributed by atoms with Crippen LogP contribution in [0.3, 0.4) is 0 Å². The van der Waals surface area contributed by atoms with E-state index in [1.54, 1.807) is 12.7 Å². The average molecular weight is 173 g/mol. The number of aromatic nitrogens is 3. The first-order valence-electron chi connectivity index (χ1n) is 4.23. The maximum atomic E-state index is 3.76. The Kier molecular flexibility index (Phi) is 2.08. The molecule has 0 unspecified atom stereocenters. The summed E-state index contributed by atoms with van der Waals surface area (Å²) in [5.41, 5.74) is 2.61. The number of rotatable bonds is 2. The van der Waals surface area contributed by atoms with Crippen LogP contribution in [-0.2, 0) is 6.54 Å². The van der Waals surface area contributed by atoms with Crippen molar-refractivity contribution in [3.05, 3.63) is 48.0 Å². The summed E-state index contributed by atoms with van der Waals surface area (Å²) < 4.78 is 1.96. The molecule has 66 valence electrons. The zero-order chi connectivity index (χ0) is 9.10. The van der Waals surface area contributed by atoms with E-state index < -0.39 is 0 Å². The van der Waals surface area contributed by atoms with Gasteiger partial charge in [0.15, 0.2) is 0 Å². The second-order valence-electron chi connectivity index (χ2n) is 3.06. The highest BCUT2D eigenvalue weighted by Crippen LogP contribution is 2.07. The lowest BCUT2D eigenvalue weighted by Crippen LogP contribution is -1.98. The zero-order valence-corrected chi connectivity index (χ0v) is 7.51. The predicted molar refractivity (Wildman–Crippen MR) is 50.3 cm³/mol. The van der Waals surface area contributed by atoms with Crippen LogP contribution in [0, 0.1) is 6.92 Å². The molecule has 0 atom stereocenters. The number of hydrogen-bond acceptors (Lipinski definition) is 2. The van der Waals surface area contributed by atoms with Crippen LogP contribution in [0.1, 0.15) is 11.1 Å². The Bertz CT molecular complexity index is 379. The van der Waals surface area contributed by atoms with Crippen molar-refractivity contribution in [2.24, 2.45) is 0 Å². The van der Waals surface area contributed by atoms with Gasteiger partial charge in [-0.2, -0.15) is 0 Å². The van der Waals surface area contributed by atoms with E-state index in [1.807, 2.05) is 16.7 Å². The van der Waals surface area contributed by atoms with E-state index in [0.717, 1.165) is 6.54 Å². The number of nitrogens with zero attached hydrogens (tertiary/aromatic N) is 3. The van der Waals surface area contributed by atoms with Gasteiger partial charge in [-0.05, 0) is 18.1 Å². The Balaban J connectivity index is 2.24. The second kappa shape index (κ2) is 3.39. The Morgan fingerprint density at radius 2 is 1.85 bits per heavy atom. The molecule has 3 nitrogen and oxygen atoms in total. The highest BCUT2D eigenvalue weighted by molar-refractivity contribution is 5.25. The molecular weight excluding hydrogens is 162 g/mol. The van der Waals surface area contributed by atoms with Gasteiger partial charge in [-0.1, -0.05) is 24.3 Å². The van der Waals surface area contributed by atoms with Gasteiger partial charge in [0, 0.05) is 0 Å². The zero-order valence-electron chi connectivity index (χ0n) is 7.51. The van der Waals surface area contributed by atoms with Crippen LogP contribution in [0.5, 0.6) is 0 Å². The van der Waals surface area contributed by atoms with Crippen molar-refractivity contribution in [3.8, 4) is 0 Å². The third-order valence-corrected chi connectivity index (χ3v) is 2.08. The fourth-order valence-electron chi connectivity index (χ4n) is 1.29. The van der Waals surface area contributed by atoms with E-state index in [9.17, 15) is 0 Å².